The van der Waals surface area contributed by atoms with E-state index in [1.54, 1.807) is 0 Å². The largest absolute Gasteiger partial charge is 0.389 e. The summed E-state index contributed by atoms with van der Waals surface area (Å²) >= 11 is 0. The summed E-state index contributed by atoms with van der Waals surface area (Å²) in [5.74, 6) is 0.471. The molecule has 0 saturated heterocycles. The number of aliphatic hydroxyl groups is 1. The number of carbonyl (C=O) groups excluding carboxylic acids is 1. The lowest BCUT2D eigenvalue weighted by atomic mass is 9.59. The van der Waals surface area contributed by atoms with Gasteiger partial charge < -0.3 is 9.90 Å². The average molecular weight is 258 g/mol. The van der Waals surface area contributed by atoms with Crippen LogP contribution in [0.4, 0.5) is 0 Å². The molecular formula is C17H22O2. The Labute approximate surface area is 114 Å². The number of hydrogen-bond acceptors (Lipinski definition) is 2. The maximum Gasteiger partial charge on any atom is 0.123 e. The lowest BCUT2D eigenvalue weighted by Crippen LogP contribution is -2.49. The quantitative estimate of drug-likeness (QED) is 0.826. The third-order valence-corrected chi connectivity index (χ3v) is 5.78. The first kappa shape index (κ1) is 12.9. The van der Waals surface area contributed by atoms with Crippen LogP contribution in [0.3, 0.4) is 0 Å². The van der Waals surface area contributed by atoms with E-state index < -0.39 is 5.60 Å². The monoisotopic (exact) mass is 258 g/mol. The van der Waals surface area contributed by atoms with Gasteiger partial charge in [0.1, 0.15) is 6.29 Å². The summed E-state index contributed by atoms with van der Waals surface area (Å²) < 4.78 is 0. The number of carbonyl (C=O) groups is 1. The van der Waals surface area contributed by atoms with E-state index in [2.05, 4.69) is 31.2 Å². The average Bonchev–Trinajstić information content (AvgIpc) is 2.70. The van der Waals surface area contributed by atoms with E-state index >= 15 is 0 Å². The standard InChI is InChI=1S/C17H22O2/c1-16-9-7-14(13-5-3-2-4-6-13)11-17(16,19)10-8-15(16)12-18/h2-6,12,14-15,19H,7-11H2,1H3/t14?,15?,16-,17?/m1/s1. The Balaban J connectivity index is 1.87. The molecule has 0 heterocycles. The molecule has 2 saturated carbocycles. The van der Waals surface area contributed by atoms with Crippen molar-refractivity contribution in [2.45, 2.75) is 50.5 Å². The van der Waals surface area contributed by atoms with Crippen LogP contribution in [0.1, 0.15) is 50.5 Å². The van der Waals surface area contributed by atoms with Gasteiger partial charge in [-0.3, -0.25) is 0 Å². The summed E-state index contributed by atoms with van der Waals surface area (Å²) in [4.78, 5) is 11.2. The molecule has 2 aliphatic carbocycles. The molecule has 19 heavy (non-hydrogen) atoms. The van der Waals surface area contributed by atoms with Crippen LogP contribution in [0.15, 0.2) is 30.3 Å². The zero-order chi connectivity index (χ0) is 13.5. The van der Waals surface area contributed by atoms with Crippen molar-refractivity contribution in [1.82, 2.24) is 0 Å². The van der Waals surface area contributed by atoms with Gasteiger partial charge in [-0.1, -0.05) is 37.3 Å². The van der Waals surface area contributed by atoms with Crippen molar-refractivity contribution < 1.29 is 9.90 Å². The van der Waals surface area contributed by atoms with Crippen molar-refractivity contribution in [3.63, 3.8) is 0 Å². The normalized spacial score (nSPS) is 41.8. The van der Waals surface area contributed by atoms with E-state index in [1.807, 2.05) is 6.07 Å². The number of aldehydes is 1. The molecule has 102 valence electrons. The fraction of sp³-hybridized carbons (Fsp3) is 0.588. The molecule has 0 radical (unpaired) electrons. The zero-order valence-corrected chi connectivity index (χ0v) is 11.5. The summed E-state index contributed by atoms with van der Waals surface area (Å²) in [6.07, 6.45) is 5.52. The van der Waals surface area contributed by atoms with Crippen molar-refractivity contribution in [2.24, 2.45) is 11.3 Å². The number of hydrogen-bond donors (Lipinski definition) is 1. The Morgan fingerprint density at radius 3 is 2.63 bits per heavy atom. The molecular weight excluding hydrogens is 236 g/mol. The molecule has 0 amide bonds. The number of fused-ring (bicyclic) bond motifs is 1. The predicted molar refractivity (Wildman–Crippen MR) is 74.9 cm³/mol. The summed E-state index contributed by atoms with van der Waals surface area (Å²) in [5.41, 5.74) is 0.463. The van der Waals surface area contributed by atoms with Gasteiger partial charge in [0.25, 0.3) is 0 Å². The molecule has 2 heteroatoms. The first-order valence-electron chi connectivity index (χ1n) is 7.32. The Morgan fingerprint density at radius 1 is 1.21 bits per heavy atom. The SMILES string of the molecule is C[C@]12CCC(c3ccccc3)CC1(O)CCC2C=O. The third-order valence-electron chi connectivity index (χ3n) is 5.78. The van der Waals surface area contributed by atoms with Gasteiger partial charge in [0.05, 0.1) is 5.60 Å². The van der Waals surface area contributed by atoms with Crippen molar-refractivity contribution in [1.29, 1.82) is 0 Å². The highest BCUT2D eigenvalue weighted by molar-refractivity contribution is 5.57. The molecule has 1 aromatic carbocycles. The van der Waals surface area contributed by atoms with Crippen LogP contribution in [-0.2, 0) is 4.79 Å². The van der Waals surface area contributed by atoms with Crippen LogP contribution in [0.5, 0.6) is 0 Å². The maximum atomic E-state index is 11.2. The molecule has 2 nitrogen and oxygen atoms in total. The van der Waals surface area contributed by atoms with Crippen molar-refractivity contribution in [3.8, 4) is 0 Å². The molecule has 2 aliphatic rings. The Bertz CT molecular complexity index is 469. The lowest BCUT2D eigenvalue weighted by Gasteiger charge is -2.48. The van der Waals surface area contributed by atoms with Crippen LogP contribution in [-0.4, -0.2) is 17.0 Å². The van der Waals surface area contributed by atoms with Gasteiger partial charge in [0.15, 0.2) is 0 Å². The minimum absolute atomic E-state index is 0.0363. The van der Waals surface area contributed by atoms with E-state index in [1.165, 1.54) is 5.56 Å². The summed E-state index contributed by atoms with van der Waals surface area (Å²) in [7, 11) is 0. The van der Waals surface area contributed by atoms with Crippen LogP contribution in [0.25, 0.3) is 0 Å². The fourth-order valence-electron chi connectivity index (χ4n) is 4.31. The molecule has 3 rings (SSSR count). The highest BCUT2D eigenvalue weighted by Crippen LogP contribution is 2.60. The topological polar surface area (TPSA) is 37.3 Å². The van der Waals surface area contributed by atoms with Crippen LogP contribution in [0, 0.1) is 11.3 Å². The van der Waals surface area contributed by atoms with E-state index in [9.17, 15) is 9.90 Å². The maximum absolute atomic E-state index is 11.2. The van der Waals surface area contributed by atoms with Gasteiger partial charge in [0, 0.05) is 11.3 Å². The van der Waals surface area contributed by atoms with Crippen LogP contribution < -0.4 is 0 Å². The van der Waals surface area contributed by atoms with Gasteiger partial charge in [-0.25, -0.2) is 0 Å². The predicted octanol–water partition coefficient (Wildman–Crippen LogP) is 3.30. The van der Waals surface area contributed by atoms with Crippen molar-refractivity contribution in [2.75, 3.05) is 0 Å². The summed E-state index contributed by atoms with van der Waals surface area (Å²) in [6.45, 7) is 2.11. The fourth-order valence-corrected chi connectivity index (χ4v) is 4.31. The van der Waals surface area contributed by atoms with E-state index in [4.69, 9.17) is 0 Å². The molecule has 1 aromatic rings. The second-order valence-electron chi connectivity index (χ2n) is 6.58. The highest BCUT2D eigenvalue weighted by atomic mass is 16.3. The van der Waals surface area contributed by atoms with E-state index in [0.717, 1.165) is 38.4 Å². The second kappa shape index (κ2) is 4.45. The van der Waals surface area contributed by atoms with E-state index in [-0.39, 0.29) is 11.3 Å². The Morgan fingerprint density at radius 2 is 1.95 bits per heavy atom. The number of benzene rings is 1. The summed E-state index contributed by atoms with van der Waals surface area (Å²) in [6, 6.07) is 10.5. The van der Waals surface area contributed by atoms with Gasteiger partial charge in [-0.2, -0.15) is 0 Å². The first-order valence-corrected chi connectivity index (χ1v) is 7.32. The molecule has 4 atom stereocenters. The van der Waals surface area contributed by atoms with Gasteiger partial charge in [-0.15, -0.1) is 0 Å². The molecule has 2 fully saturated rings. The minimum Gasteiger partial charge on any atom is -0.389 e. The highest BCUT2D eigenvalue weighted by Gasteiger charge is 2.58. The lowest BCUT2D eigenvalue weighted by molar-refractivity contribution is -0.128. The Hall–Kier alpha value is -1.15. The molecule has 1 N–H and O–H groups in total. The Kier molecular flexibility index (Phi) is 3.01. The smallest absolute Gasteiger partial charge is 0.123 e. The number of rotatable bonds is 2. The van der Waals surface area contributed by atoms with E-state index in [0.29, 0.717) is 5.92 Å². The second-order valence-corrected chi connectivity index (χ2v) is 6.58. The third kappa shape index (κ3) is 1.85. The summed E-state index contributed by atoms with van der Waals surface area (Å²) in [5, 5.41) is 11.0. The van der Waals surface area contributed by atoms with Gasteiger partial charge >= 0.3 is 0 Å². The molecule has 0 spiro atoms. The first-order chi connectivity index (χ1) is 9.09. The molecule has 0 aromatic heterocycles. The van der Waals surface area contributed by atoms with Crippen LogP contribution in [0.2, 0.25) is 0 Å². The van der Waals surface area contributed by atoms with Gasteiger partial charge in [-0.05, 0) is 43.6 Å². The van der Waals surface area contributed by atoms with Gasteiger partial charge in [0.2, 0.25) is 0 Å². The van der Waals surface area contributed by atoms with Crippen molar-refractivity contribution >= 4 is 6.29 Å². The molecule has 0 aliphatic heterocycles. The zero-order valence-electron chi connectivity index (χ0n) is 11.5. The van der Waals surface area contributed by atoms with Crippen LogP contribution >= 0.6 is 0 Å². The molecule has 0 bridgehead atoms. The minimum atomic E-state index is -0.655. The van der Waals surface area contributed by atoms with Crippen molar-refractivity contribution in [3.05, 3.63) is 35.9 Å². The molecule has 3 unspecified atom stereocenters.